The van der Waals surface area contributed by atoms with E-state index in [9.17, 15) is 4.79 Å². The molecule has 0 unspecified atom stereocenters. The summed E-state index contributed by atoms with van der Waals surface area (Å²) >= 11 is 1.57. The van der Waals surface area contributed by atoms with Gasteiger partial charge in [0.2, 0.25) is 5.78 Å². The molecule has 2 heterocycles. The van der Waals surface area contributed by atoms with Gasteiger partial charge in [-0.1, -0.05) is 62.9 Å². The fourth-order valence-electron chi connectivity index (χ4n) is 4.40. The lowest BCUT2D eigenvalue weighted by Crippen LogP contribution is -2.39. The Balaban J connectivity index is 2.15. The first kappa shape index (κ1) is 19.0. The first-order valence-electron chi connectivity index (χ1n) is 9.96. The highest BCUT2D eigenvalue weighted by molar-refractivity contribution is 7.99. The molecule has 0 spiro atoms. The van der Waals surface area contributed by atoms with Gasteiger partial charge in [-0.05, 0) is 30.6 Å². The van der Waals surface area contributed by atoms with Gasteiger partial charge in [0.05, 0.1) is 17.8 Å². The summed E-state index contributed by atoms with van der Waals surface area (Å²) in [5, 5.41) is 5.37. The second kappa shape index (κ2) is 7.24. The lowest BCUT2D eigenvalue weighted by Gasteiger charge is -2.37. The molecule has 0 radical (unpaired) electrons. The van der Waals surface area contributed by atoms with E-state index in [1.165, 1.54) is 5.56 Å². The fourth-order valence-corrected chi connectivity index (χ4v) is 5.11. The summed E-state index contributed by atoms with van der Waals surface area (Å²) in [6.07, 6.45) is 4.48. The van der Waals surface area contributed by atoms with Crippen LogP contribution in [0.2, 0.25) is 0 Å². The van der Waals surface area contributed by atoms with Crippen LogP contribution in [0.1, 0.15) is 44.7 Å². The molecule has 0 N–H and O–H groups in total. The topological polar surface area (TPSA) is 52.2 Å². The van der Waals surface area contributed by atoms with Crippen molar-refractivity contribution in [3.63, 3.8) is 0 Å². The van der Waals surface area contributed by atoms with Gasteiger partial charge in [0.25, 0.3) is 5.56 Å². The zero-order chi connectivity index (χ0) is 19.9. The summed E-state index contributed by atoms with van der Waals surface area (Å²) < 4.78 is 3.49. The molecule has 0 saturated carbocycles. The summed E-state index contributed by atoms with van der Waals surface area (Å²) in [5.74, 6) is 1.44. The molecular weight excluding hydrogens is 368 g/mol. The molecule has 1 aliphatic rings. The zero-order valence-electron chi connectivity index (χ0n) is 16.7. The number of benzene rings is 1. The van der Waals surface area contributed by atoms with Gasteiger partial charge in [-0.25, -0.2) is 14.1 Å². The highest BCUT2D eigenvalue weighted by Gasteiger charge is 2.40. The second-order valence-electron chi connectivity index (χ2n) is 7.28. The maximum absolute atomic E-state index is 13.9. The predicted molar refractivity (Wildman–Crippen MR) is 115 cm³/mol. The molecule has 4 rings (SSSR count). The van der Waals surface area contributed by atoms with E-state index < -0.39 is 0 Å². The molecule has 1 aromatic carbocycles. The van der Waals surface area contributed by atoms with Crippen LogP contribution >= 0.6 is 11.8 Å². The van der Waals surface area contributed by atoms with Crippen LogP contribution < -0.4 is 5.56 Å². The number of fused-ring (bicyclic) bond motifs is 4. The van der Waals surface area contributed by atoms with Crippen molar-refractivity contribution in [3.8, 4) is 11.3 Å². The molecule has 5 nitrogen and oxygen atoms in total. The van der Waals surface area contributed by atoms with E-state index in [2.05, 4.69) is 50.6 Å². The summed E-state index contributed by atoms with van der Waals surface area (Å²) in [6, 6.07) is 8.35. The lowest BCUT2D eigenvalue weighted by molar-refractivity contribution is 0.382. The van der Waals surface area contributed by atoms with Crippen LogP contribution in [-0.2, 0) is 18.4 Å². The highest BCUT2D eigenvalue weighted by atomic mass is 32.2. The van der Waals surface area contributed by atoms with Crippen LogP contribution in [0.4, 0.5) is 0 Å². The third kappa shape index (κ3) is 2.65. The van der Waals surface area contributed by atoms with Gasteiger partial charge in [-0.2, -0.15) is 0 Å². The highest BCUT2D eigenvalue weighted by Crippen LogP contribution is 2.44. The molecular formula is C22H26N4OS. The van der Waals surface area contributed by atoms with Crippen molar-refractivity contribution in [2.75, 3.05) is 5.75 Å². The number of aromatic nitrogens is 4. The van der Waals surface area contributed by atoms with Crippen molar-refractivity contribution >= 4 is 17.5 Å². The van der Waals surface area contributed by atoms with Crippen LogP contribution in [-0.4, -0.2) is 24.9 Å². The Hall–Kier alpha value is -2.34. The minimum atomic E-state index is -0.191. The Bertz CT molecular complexity index is 1110. The van der Waals surface area contributed by atoms with Gasteiger partial charge in [0, 0.05) is 11.0 Å². The Morgan fingerprint density at radius 3 is 2.68 bits per heavy atom. The quantitative estimate of drug-likeness (QED) is 0.457. The number of nitrogens with zero attached hydrogens (tertiary/aromatic N) is 4. The molecule has 0 amide bonds. The molecule has 0 bridgehead atoms. The molecule has 2 aromatic heterocycles. The Morgan fingerprint density at radius 1 is 1.25 bits per heavy atom. The molecule has 3 aromatic rings. The van der Waals surface area contributed by atoms with E-state index >= 15 is 0 Å². The molecule has 0 aliphatic heterocycles. The van der Waals surface area contributed by atoms with E-state index in [1.54, 1.807) is 26.9 Å². The van der Waals surface area contributed by atoms with Gasteiger partial charge >= 0.3 is 0 Å². The average Bonchev–Trinajstić information content (AvgIpc) is 3.05. The van der Waals surface area contributed by atoms with Crippen LogP contribution in [0, 0.1) is 0 Å². The van der Waals surface area contributed by atoms with E-state index in [1.807, 2.05) is 6.07 Å². The first-order valence-corrected chi connectivity index (χ1v) is 10.9. The Morgan fingerprint density at radius 2 is 2.00 bits per heavy atom. The van der Waals surface area contributed by atoms with Gasteiger partial charge in [0.15, 0.2) is 5.16 Å². The summed E-state index contributed by atoms with van der Waals surface area (Å²) in [4.78, 5) is 18.9. The van der Waals surface area contributed by atoms with Crippen LogP contribution in [0.3, 0.4) is 0 Å². The van der Waals surface area contributed by atoms with E-state index in [-0.39, 0.29) is 11.0 Å². The number of hydrogen-bond donors (Lipinski definition) is 0. The molecule has 0 saturated heterocycles. The predicted octanol–water partition coefficient (Wildman–Crippen LogP) is 4.47. The summed E-state index contributed by atoms with van der Waals surface area (Å²) in [5.41, 5.74) is 3.87. The molecule has 28 heavy (non-hydrogen) atoms. The average molecular weight is 395 g/mol. The third-order valence-corrected chi connectivity index (χ3v) is 6.77. The monoisotopic (exact) mass is 394 g/mol. The maximum atomic E-state index is 13.9. The van der Waals surface area contributed by atoms with Crippen LogP contribution in [0.5, 0.6) is 0 Å². The number of thioether (sulfide) groups is 1. The molecule has 0 atom stereocenters. The van der Waals surface area contributed by atoms with Gasteiger partial charge in [-0.15, -0.1) is 11.7 Å². The minimum absolute atomic E-state index is 0.0319. The largest absolute Gasteiger partial charge is 0.268 e. The van der Waals surface area contributed by atoms with Gasteiger partial charge in [0.1, 0.15) is 0 Å². The molecule has 0 fully saturated rings. The summed E-state index contributed by atoms with van der Waals surface area (Å²) in [7, 11) is 0. The molecule has 6 heteroatoms. The van der Waals surface area contributed by atoms with E-state index in [0.717, 1.165) is 41.8 Å². The minimum Gasteiger partial charge on any atom is -0.268 e. The van der Waals surface area contributed by atoms with Crippen LogP contribution in [0.25, 0.3) is 17.0 Å². The Labute approximate surface area is 169 Å². The van der Waals surface area contributed by atoms with Crippen molar-refractivity contribution < 1.29 is 0 Å². The van der Waals surface area contributed by atoms with E-state index in [4.69, 9.17) is 4.98 Å². The second-order valence-corrected chi connectivity index (χ2v) is 8.51. The number of rotatable bonds is 6. The lowest BCUT2D eigenvalue weighted by atomic mass is 9.66. The normalized spacial score (nSPS) is 14.7. The molecule has 146 valence electrons. The summed E-state index contributed by atoms with van der Waals surface area (Å²) in [6.45, 7) is 10.8. The number of allylic oxidation sites excluding steroid dienone is 1. The Kier molecular flexibility index (Phi) is 4.91. The molecule has 1 aliphatic carbocycles. The smallest absolute Gasteiger partial charge is 0.265 e. The van der Waals surface area contributed by atoms with E-state index in [0.29, 0.717) is 17.5 Å². The first-order chi connectivity index (χ1) is 13.6. The SMILES string of the molecule is C=CCn1nc(SCC)n2c(=O)c3c(nc12)-c1ccccc1CC3(CC)CC. The van der Waals surface area contributed by atoms with Gasteiger partial charge < -0.3 is 0 Å². The van der Waals surface area contributed by atoms with Crippen LogP contribution in [0.15, 0.2) is 46.9 Å². The van der Waals surface area contributed by atoms with Gasteiger partial charge in [-0.3, -0.25) is 4.79 Å². The van der Waals surface area contributed by atoms with Crippen molar-refractivity contribution in [1.82, 2.24) is 19.2 Å². The van der Waals surface area contributed by atoms with Crippen molar-refractivity contribution in [3.05, 3.63) is 58.4 Å². The van der Waals surface area contributed by atoms with Crippen molar-refractivity contribution in [2.45, 2.75) is 57.1 Å². The fraction of sp³-hybridized carbons (Fsp3) is 0.409. The standard InChI is InChI=1S/C22H26N4OS/c1-5-13-25-20-23-18-16-12-10-9-11-15(16)14-22(6-2,7-3)17(18)19(27)26(20)21(24-25)28-8-4/h5,9-12H,1,6-8,13-14H2,2-4H3. The number of hydrogen-bond acceptors (Lipinski definition) is 4. The zero-order valence-corrected chi connectivity index (χ0v) is 17.6. The maximum Gasteiger partial charge on any atom is 0.265 e. The third-order valence-electron chi connectivity index (χ3n) is 5.95. The van der Waals surface area contributed by atoms with Crippen molar-refractivity contribution in [1.29, 1.82) is 0 Å². The van der Waals surface area contributed by atoms with Crippen molar-refractivity contribution in [2.24, 2.45) is 0 Å².